The molecule has 120 valence electrons. The molecule has 1 aliphatic heterocycles. The zero-order chi connectivity index (χ0) is 16.4. The Labute approximate surface area is 141 Å². The fraction of sp³-hybridized carbons (Fsp3) is 0.200. The molecule has 0 atom stereocenters. The van der Waals surface area contributed by atoms with E-state index < -0.39 is 0 Å². The van der Waals surface area contributed by atoms with Gasteiger partial charge in [-0.3, -0.25) is 0 Å². The van der Waals surface area contributed by atoms with Crippen LogP contribution in [0.1, 0.15) is 23.2 Å². The first kappa shape index (κ1) is 14.7. The van der Waals surface area contributed by atoms with Crippen LogP contribution < -0.4 is 9.47 Å². The van der Waals surface area contributed by atoms with Gasteiger partial charge in [-0.2, -0.15) is 5.10 Å². The van der Waals surface area contributed by atoms with Crippen LogP contribution in [0.5, 0.6) is 23.1 Å². The van der Waals surface area contributed by atoms with Crippen LogP contribution in [0, 0.1) is 6.92 Å². The molecule has 4 rings (SSSR count). The molecule has 3 aromatic rings. The van der Waals surface area contributed by atoms with Crippen molar-refractivity contribution >= 4 is 0 Å². The third kappa shape index (κ3) is 3.08. The Bertz CT molecular complexity index is 877. The van der Waals surface area contributed by atoms with Crippen LogP contribution in [0.4, 0.5) is 0 Å². The van der Waals surface area contributed by atoms with Gasteiger partial charge in [0.15, 0.2) is 17.2 Å². The SMILES string of the molecule is Cc1cccc(CCCc2cc3c(nn2)Oc2ccccc2O3)c1. The minimum absolute atomic E-state index is 0.427. The fourth-order valence-corrected chi connectivity index (χ4v) is 2.85. The van der Waals surface area contributed by atoms with Crippen molar-refractivity contribution in [2.45, 2.75) is 26.2 Å². The van der Waals surface area contributed by atoms with Crippen molar-refractivity contribution in [1.82, 2.24) is 10.2 Å². The van der Waals surface area contributed by atoms with Gasteiger partial charge in [0, 0.05) is 6.07 Å². The lowest BCUT2D eigenvalue weighted by molar-refractivity contribution is 0.342. The van der Waals surface area contributed by atoms with Crippen molar-refractivity contribution in [1.29, 1.82) is 0 Å². The summed E-state index contributed by atoms with van der Waals surface area (Å²) in [6.45, 7) is 2.12. The Morgan fingerprint density at radius 1 is 0.792 bits per heavy atom. The van der Waals surface area contributed by atoms with Crippen LogP contribution in [0.15, 0.2) is 54.6 Å². The van der Waals surface area contributed by atoms with Gasteiger partial charge < -0.3 is 9.47 Å². The zero-order valence-electron chi connectivity index (χ0n) is 13.5. The molecule has 0 radical (unpaired) electrons. The third-order valence-electron chi connectivity index (χ3n) is 4.03. The van der Waals surface area contributed by atoms with Gasteiger partial charge in [-0.1, -0.05) is 42.0 Å². The van der Waals surface area contributed by atoms with E-state index in [2.05, 4.69) is 41.4 Å². The molecule has 2 aromatic carbocycles. The number of para-hydroxylation sites is 2. The lowest BCUT2D eigenvalue weighted by atomic mass is 10.0. The monoisotopic (exact) mass is 318 g/mol. The molecule has 4 heteroatoms. The van der Waals surface area contributed by atoms with Crippen molar-refractivity contribution in [3.8, 4) is 23.1 Å². The minimum atomic E-state index is 0.427. The molecule has 2 heterocycles. The van der Waals surface area contributed by atoms with Gasteiger partial charge in [0.25, 0.3) is 5.88 Å². The van der Waals surface area contributed by atoms with Crippen molar-refractivity contribution in [3.05, 3.63) is 71.4 Å². The van der Waals surface area contributed by atoms with E-state index in [9.17, 15) is 0 Å². The highest BCUT2D eigenvalue weighted by Gasteiger charge is 2.20. The molecule has 0 N–H and O–H groups in total. The molecule has 1 aromatic heterocycles. The Kier molecular flexibility index (Phi) is 3.87. The summed E-state index contributed by atoms with van der Waals surface area (Å²) in [4.78, 5) is 0. The quantitative estimate of drug-likeness (QED) is 0.539. The van der Waals surface area contributed by atoms with E-state index in [1.54, 1.807) is 0 Å². The van der Waals surface area contributed by atoms with E-state index >= 15 is 0 Å². The first-order chi connectivity index (χ1) is 11.8. The van der Waals surface area contributed by atoms with Crippen molar-refractivity contribution in [2.75, 3.05) is 0 Å². The Balaban J connectivity index is 1.43. The summed E-state index contributed by atoms with van der Waals surface area (Å²) in [6, 6.07) is 18.1. The van der Waals surface area contributed by atoms with E-state index in [0.29, 0.717) is 23.1 Å². The number of aromatic nitrogens is 2. The van der Waals surface area contributed by atoms with Gasteiger partial charge in [0.2, 0.25) is 0 Å². The van der Waals surface area contributed by atoms with Gasteiger partial charge >= 0.3 is 0 Å². The Hall–Kier alpha value is -2.88. The summed E-state index contributed by atoms with van der Waals surface area (Å²) in [5.74, 6) is 2.44. The van der Waals surface area contributed by atoms with Gasteiger partial charge in [-0.25, -0.2) is 0 Å². The summed E-state index contributed by atoms with van der Waals surface area (Å²) in [7, 11) is 0. The van der Waals surface area contributed by atoms with Crippen LogP contribution in [0.2, 0.25) is 0 Å². The maximum Gasteiger partial charge on any atom is 0.282 e. The highest BCUT2D eigenvalue weighted by Crippen LogP contribution is 2.43. The van der Waals surface area contributed by atoms with Crippen LogP contribution in [-0.4, -0.2) is 10.2 Å². The molecule has 0 unspecified atom stereocenters. The number of hydrogen-bond donors (Lipinski definition) is 0. The molecule has 0 saturated heterocycles. The minimum Gasteiger partial charge on any atom is -0.448 e. The predicted octanol–water partition coefficient (Wildman–Crippen LogP) is 4.86. The van der Waals surface area contributed by atoms with Crippen LogP contribution in [0.3, 0.4) is 0 Å². The lowest BCUT2D eigenvalue weighted by Gasteiger charge is -2.19. The van der Waals surface area contributed by atoms with Crippen molar-refractivity contribution < 1.29 is 9.47 Å². The summed E-state index contributed by atoms with van der Waals surface area (Å²) >= 11 is 0. The second-order valence-electron chi connectivity index (χ2n) is 6.00. The van der Waals surface area contributed by atoms with Gasteiger partial charge in [0.1, 0.15) is 0 Å². The average molecular weight is 318 g/mol. The third-order valence-corrected chi connectivity index (χ3v) is 4.03. The molecule has 4 nitrogen and oxygen atoms in total. The summed E-state index contributed by atoms with van der Waals surface area (Å²) in [5, 5.41) is 8.42. The maximum absolute atomic E-state index is 5.87. The molecule has 24 heavy (non-hydrogen) atoms. The second kappa shape index (κ2) is 6.32. The number of hydrogen-bond acceptors (Lipinski definition) is 4. The first-order valence-corrected chi connectivity index (χ1v) is 8.15. The van der Waals surface area contributed by atoms with E-state index in [1.165, 1.54) is 11.1 Å². The molecule has 0 fully saturated rings. The highest BCUT2D eigenvalue weighted by atomic mass is 16.6. The molecule has 0 aliphatic carbocycles. The molecule has 0 bridgehead atoms. The molecule has 1 aliphatic rings. The zero-order valence-corrected chi connectivity index (χ0v) is 13.5. The van der Waals surface area contributed by atoms with Gasteiger partial charge in [0.05, 0.1) is 5.69 Å². The van der Waals surface area contributed by atoms with Gasteiger partial charge in [-0.15, -0.1) is 5.10 Å². The Morgan fingerprint density at radius 2 is 1.62 bits per heavy atom. The standard InChI is InChI=1S/C20H18N2O2/c1-14-6-4-7-15(12-14)8-5-9-16-13-19-20(22-21-16)24-18-11-3-2-10-17(18)23-19/h2-4,6-7,10-13H,5,8-9H2,1H3. The largest absolute Gasteiger partial charge is 0.448 e. The molecule has 0 spiro atoms. The first-order valence-electron chi connectivity index (χ1n) is 8.15. The molecule has 0 amide bonds. The number of fused-ring (bicyclic) bond motifs is 2. The predicted molar refractivity (Wildman–Crippen MR) is 91.8 cm³/mol. The summed E-state index contributed by atoms with van der Waals surface area (Å²) in [6.07, 6.45) is 2.91. The van der Waals surface area contributed by atoms with Crippen molar-refractivity contribution in [3.63, 3.8) is 0 Å². The molecular weight excluding hydrogens is 300 g/mol. The normalized spacial score (nSPS) is 11.9. The van der Waals surface area contributed by atoms with Gasteiger partial charge in [-0.05, 0) is 43.9 Å². The average Bonchev–Trinajstić information content (AvgIpc) is 2.60. The number of benzene rings is 2. The van der Waals surface area contributed by atoms with Crippen molar-refractivity contribution in [2.24, 2.45) is 0 Å². The topological polar surface area (TPSA) is 44.2 Å². The van der Waals surface area contributed by atoms with E-state index in [4.69, 9.17) is 9.47 Å². The maximum atomic E-state index is 5.87. The second-order valence-corrected chi connectivity index (χ2v) is 6.00. The van der Waals surface area contributed by atoms with Crippen LogP contribution in [0.25, 0.3) is 0 Å². The lowest BCUT2D eigenvalue weighted by Crippen LogP contribution is -2.04. The smallest absolute Gasteiger partial charge is 0.282 e. The number of ether oxygens (including phenoxy) is 2. The van der Waals surface area contributed by atoms with E-state index in [-0.39, 0.29) is 0 Å². The summed E-state index contributed by atoms with van der Waals surface area (Å²) in [5.41, 5.74) is 3.57. The fourth-order valence-electron chi connectivity index (χ4n) is 2.85. The molecular formula is C20H18N2O2. The number of rotatable bonds is 4. The number of aryl methyl sites for hydroxylation is 3. The van der Waals surface area contributed by atoms with E-state index in [1.807, 2.05) is 30.3 Å². The van der Waals surface area contributed by atoms with E-state index in [0.717, 1.165) is 25.0 Å². The highest BCUT2D eigenvalue weighted by molar-refractivity contribution is 5.51. The van der Waals surface area contributed by atoms with Crippen LogP contribution in [-0.2, 0) is 12.8 Å². The Morgan fingerprint density at radius 3 is 2.46 bits per heavy atom. The summed E-state index contributed by atoms with van der Waals surface area (Å²) < 4.78 is 11.6. The molecule has 0 saturated carbocycles. The number of nitrogens with zero attached hydrogens (tertiary/aromatic N) is 2. The van der Waals surface area contributed by atoms with Crippen LogP contribution >= 0.6 is 0 Å².